The minimum Gasteiger partial charge on any atom is -0.393 e. The zero-order chi connectivity index (χ0) is 12.2. The van der Waals surface area contributed by atoms with Gasteiger partial charge in [0.25, 0.3) is 0 Å². The molecule has 1 aromatic carbocycles. The maximum atomic E-state index is 11.4. The van der Waals surface area contributed by atoms with Crippen LogP contribution in [-0.4, -0.2) is 26.7 Å². The molecule has 0 bridgehead atoms. The number of aliphatic hydroxyl groups is 1. The highest BCUT2D eigenvalue weighted by Crippen LogP contribution is 2.12. The lowest BCUT2D eigenvalue weighted by molar-refractivity contribution is 0.171. The van der Waals surface area contributed by atoms with Crippen LogP contribution in [0.5, 0.6) is 0 Å². The Bertz CT molecular complexity index is 425. The van der Waals surface area contributed by atoms with E-state index in [1.807, 2.05) is 6.92 Å². The molecule has 0 spiro atoms. The van der Waals surface area contributed by atoms with Crippen molar-refractivity contribution in [1.82, 2.24) is 4.72 Å². The van der Waals surface area contributed by atoms with Crippen molar-refractivity contribution in [2.24, 2.45) is 0 Å². The van der Waals surface area contributed by atoms with Crippen molar-refractivity contribution < 1.29 is 13.5 Å². The van der Waals surface area contributed by atoms with Crippen LogP contribution in [0.4, 0.5) is 0 Å². The number of nitrogens with one attached hydrogen (secondary N) is 1. The van der Waals surface area contributed by atoms with Gasteiger partial charge in [-0.3, -0.25) is 0 Å². The summed E-state index contributed by atoms with van der Waals surface area (Å²) in [6.45, 7) is 1.91. The van der Waals surface area contributed by atoms with Crippen molar-refractivity contribution in [3.63, 3.8) is 0 Å². The Morgan fingerprint density at radius 1 is 1.31 bits per heavy atom. The topological polar surface area (TPSA) is 66.4 Å². The summed E-state index contributed by atoms with van der Waals surface area (Å²) >= 11 is 0. The number of aliphatic hydroxyl groups excluding tert-OH is 1. The fourth-order valence-corrected chi connectivity index (χ4v) is 2.07. The van der Waals surface area contributed by atoms with Gasteiger partial charge in [0.05, 0.1) is 11.0 Å². The van der Waals surface area contributed by atoms with Gasteiger partial charge in [0.15, 0.2) is 0 Å². The fourth-order valence-electron chi connectivity index (χ4n) is 1.34. The van der Waals surface area contributed by atoms with Gasteiger partial charge in [0.2, 0.25) is 10.0 Å². The Balaban J connectivity index is 2.84. The smallest absolute Gasteiger partial charge is 0.240 e. The molecule has 0 saturated heterocycles. The van der Waals surface area contributed by atoms with Crippen LogP contribution in [0.3, 0.4) is 0 Å². The van der Waals surface area contributed by atoms with E-state index in [1.165, 1.54) is 7.05 Å². The predicted molar refractivity (Wildman–Crippen MR) is 62.7 cm³/mol. The van der Waals surface area contributed by atoms with E-state index in [0.29, 0.717) is 12.8 Å². The van der Waals surface area contributed by atoms with Crippen LogP contribution in [0.25, 0.3) is 0 Å². The summed E-state index contributed by atoms with van der Waals surface area (Å²) in [5.74, 6) is 0. The summed E-state index contributed by atoms with van der Waals surface area (Å²) in [6.07, 6.45) is 0.874. The van der Waals surface area contributed by atoms with Crippen LogP contribution in [0, 0.1) is 0 Å². The van der Waals surface area contributed by atoms with Crippen LogP contribution >= 0.6 is 0 Å². The summed E-state index contributed by atoms with van der Waals surface area (Å²) in [5, 5.41) is 9.46. The Hall–Kier alpha value is -0.910. The third-order valence-corrected chi connectivity index (χ3v) is 3.88. The van der Waals surface area contributed by atoms with Crippen LogP contribution in [0.2, 0.25) is 0 Å². The van der Waals surface area contributed by atoms with Gasteiger partial charge in [-0.05, 0) is 37.6 Å². The molecule has 0 amide bonds. The molecule has 0 aliphatic heterocycles. The van der Waals surface area contributed by atoms with Gasteiger partial charge in [-0.25, -0.2) is 13.1 Å². The molecule has 0 radical (unpaired) electrons. The molecule has 4 nitrogen and oxygen atoms in total. The molecule has 0 aliphatic carbocycles. The van der Waals surface area contributed by atoms with E-state index in [1.54, 1.807) is 24.3 Å². The monoisotopic (exact) mass is 243 g/mol. The van der Waals surface area contributed by atoms with E-state index < -0.39 is 10.0 Å². The van der Waals surface area contributed by atoms with E-state index in [9.17, 15) is 13.5 Å². The van der Waals surface area contributed by atoms with Gasteiger partial charge in [-0.1, -0.05) is 19.1 Å². The molecule has 0 fully saturated rings. The summed E-state index contributed by atoms with van der Waals surface area (Å²) in [6, 6.07) is 6.54. The molecular formula is C11H17NO3S. The minimum absolute atomic E-state index is 0.240. The number of hydrogen-bond donors (Lipinski definition) is 2. The van der Waals surface area contributed by atoms with Crippen LogP contribution in [-0.2, 0) is 16.4 Å². The fraction of sp³-hybridized carbons (Fsp3) is 0.455. The number of sulfonamides is 1. The summed E-state index contributed by atoms with van der Waals surface area (Å²) < 4.78 is 25.1. The highest BCUT2D eigenvalue weighted by atomic mass is 32.2. The second kappa shape index (κ2) is 5.43. The molecular weight excluding hydrogens is 226 g/mol. The largest absolute Gasteiger partial charge is 0.393 e. The average molecular weight is 243 g/mol. The first kappa shape index (κ1) is 13.2. The molecule has 0 heterocycles. The highest BCUT2D eigenvalue weighted by Gasteiger charge is 2.11. The van der Waals surface area contributed by atoms with Crippen molar-refractivity contribution in [2.45, 2.75) is 30.8 Å². The van der Waals surface area contributed by atoms with E-state index in [2.05, 4.69) is 4.72 Å². The van der Waals surface area contributed by atoms with E-state index in [0.717, 1.165) is 5.56 Å². The van der Waals surface area contributed by atoms with Crippen molar-refractivity contribution >= 4 is 10.0 Å². The molecule has 2 N–H and O–H groups in total. The quantitative estimate of drug-likeness (QED) is 0.807. The minimum atomic E-state index is -3.36. The van der Waals surface area contributed by atoms with E-state index in [-0.39, 0.29) is 11.0 Å². The summed E-state index contributed by atoms with van der Waals surface area (Å²) in [5.41, 5.74) is 0.935. The van der Waals surface area contributed by atoms with Crippen LogP contribution in [0.15, 0.2) is 29.2 Å². The Labute approximate surface area is 96.4 Å². The molecule has 0 aromatic heterocycles. The summed E-state index contributed by atoms with van der Waals surface area (Å²) in [7, 11) is -1.98. The van der Waals surface area contributed by atoms with Crippen molar-refractivity contribution in [1.29, 1.82) is 0 Å². The van der Waals surface area contributed by atoms with E-state index >= 15 is 0 Å². The lowest BCUT2D eigenvalue weighted by Gasteiger charge is -2.08. The maximum absolute atomic E-state index is 11.4. The molecule has 0 saturated carbocycles. The number of benzene rings is 1. The zero-order valence-electron chi connectivity index (χ0n) is 9.47. The van der Waals surface area contributed by atoms with E-state index in [4.69, 9.17) is 0 Å². The van der Waals surface area contributed by atoms with Crippen LogP contribution in [0.1, 0.15) is 18.9 Å². The van der Waals surface area contributed by atoms with Gasteiger partial charge >= 0.3 is 0 Å². The molecule has 90 valence electrons. The second-order valence-electron chi connectivity index (χ2n) is 3.62. The predicted octanol–water partition coefficient (Wildman–Crippen LogP) is 0.908. The van der Waals surface area contributed by atoms with Crippen molar-refractivity contribution in [2.75, 3.05) is 7.05 Å². The molecule has 5 heteroatoms. The standard InChI is InChI=1S/C11H17NO3S/c1-3-10(13)8-9-4-6-11(7-5-9)16(14,15)12-2/h4-7,10,12-13H,3,8H2,1-2H3. The molecule has 1 rings (SSSR count). The van der Waals surface area contributed by atoms with Crippen molar-refractivity contribution in [3.8, 4) is 0 Å². The Morgan fingerprint density at radius 3 is 2.31 bits per heavy atom. The first-order valence-corrected chi connectivity index (χ1v) is 6.68. The Kier molecular flexibility index (Phi) is 4.46. The highest BCUT2D eigenvalue weighted by molar-refractivity contribution is 7.89. The molecule has 1 atom stereocenters. The summed E-state index contributed by atoms with van der Waals surface area (Å²) in [4.78, 5) is 0.240. The normalized spacial score (nSPS) is 13.7. The number of rotatable bonds is 5. The van der Waals surface area contributed by atoms with Gasteiger partial charge in [-0.2, -0.15) is 0 Å². The Morgan fingerprint density at radius 2 is 1.88 bits per heavy atom. The van der Waals surface area contributed by atoms with Gasteiger partial charge < -0.3 is 5.11 Å². The second-order valence-corrected chi connectivity index (χ2v) is 5.50. The average Bonchev–Trinajstić information content (AvgIpc) is 2.29. The first-order valence-electron chi connectivity index (χ1n) is 5.20. The number of hydrogen-bond acceptors (Lipinski definition) is 3. The van der Waals surface area contributed by atoms with Gasteiger partial charge in [0.1, 0.15) is 0 Å². The maximum Gasteiger partial charge on any atom is 0.240 e. The molecule has 0 aliphatic rings. The lowest BCUT2D eigenvalue weighted by Crippen LogP contribution is -2.18. The third-order valence-electron chi connectivity index (χ3n) is 2.44. The first-order chi connectivity index (χ1) is 7.49. The third kappa shape index (κ3) is 3.30. The van der Waals surface area contributed by atoms with Crippen LogP contribution < -0.4 is 4.72 Å². The molecule has 1 unspecified atom stereocenters. The SMILES string of the molecule is CCC(O)Cc1ccc(S(=O)(=O)NC)cc1. The zero-order valence-corrected chi connectivity index (χ0v) is 10.3. The van der Waals surface area contributed by atoms with Gasteiger partial charge in [0, 0.05) is 0 Å². The lowest BCUT2D eigenvalue weighted by atomic mass is 10.1. The molecule has 1 aromatic rings. The van der Waals surface area contributed by atoms with Gasteiger partial charge in [-0.15, -0.1) is 0 Å². The van der Waals surface area contributed by atoms with Crippen molar-refractivity contribution in [3.05, 3.63) is 29.8 Å². The molecule has 16 heavy (non-hydrogen) atoms.